The second-order valence-electron chi connectivity index (χ2n) is 14.2. The molecule has 61 heavy (non-hydrogen) atoms. The number of nitrogens with zero attached hydrogens (tertiary/aromatic N) is 4. The van der Waals surface area contributed by atoms with Crippen molar-refractivity contribution in [3.05, 3.63) is 180 Å². The highest BCUT2D eigenvalue weighted by molar-refractivity contribution is 6.10. The molecule has 0 saturated heterocycles. The Morgan fingerprint density at radius 3 is 1.54 bits per heavy atom. The third-order valence-corrected chi connectivity index (χ3v) is 10.4. The van der Waals surface area contributed by atoms with E-state index < -0.39 is 40.8 Å². The quantitative estimate of drug-likeness (QED) is 0.157. The fourth-order valence-corrected chi connectivity index (χ4v) is 7.61. The molecular weight excluding hydrogens is 804 g/mol. The van der Waals surface area contributed by atoms with E-state index in [-0.39, 0.29) is 45.8 Å². The second-order valence-corrected chi connectivity index (χ2v) is 14.2. The van der Waals surface area contributed by atoms with Crippen LogP contribution in [-0.2, 0) is 18.5 Å². The van der Waals surface area contributed by atoms with E-state index in [2.05, 4.69) is 0 Å². The fraction of sp³-hybridized carbons (Fsp3) is 0.0625. The Hall–Kier alpha value is -7.28. The molecule has 0 atom stereocenters. The van der Waals surface area contributed by atoms with Gasteiger partial charge in [-0.05, 0) is 70.8 Å². The maximum absolute atomic E-state index is 14.7. The van der Waals surface area contributed by atoms with Gasteiger partial charge in [0, 0.05) is 33.2 Å². The van der Waals surface area contributed by atoms with E-state index in [9.17, 15) is 39.5 Å². The first-order valence-corrected chi connectivity index (χ1v) is 18.7. The summed E-state index contributed by atoms with van der Waals surface area (Å²) in [6.07, 6.45) is -14.8. The summed E-state index contributed by atoms with van der Waals surface area (Å²) in [5.74, 6) is 0.623. The summed E-state index contributed by atoms with van der Waals surface area (Å²) in [5, 5.41) is 1.08. The second kappa shape index (κ2) is 14.8. The number of hydrogen-bond donors (Lipinski definition) is 0. The van der Waals surface area contributed by atoms with E-state index in [1.54, 1.807) is 72.8 Å². The van der Waals surface area contributed by atoms with Gasteiger partial charge in [-0.1, -0.05) is 115 Å². The number of para-hydroxylation sites is 1. The average molecular weight is 831 g/mol. The van der Waals surface area contributed by atoms with E-state index in [1.165, 1.54) is 30.3 Å². The molecule has 2 heterocycles. The maximum Gasteiger partial charge on any atom is 0.417 e. The van der Waals surface area contributed by atoms with Gasteiger partial charge in [0.15, 0.2) is 17.5 Å². The predicted octanol–water partition coefficient (Wildman–Crippen LogP) is 14.4. The summed E-state index contributed by atoms with van der Waals surface area (Å²) in [6.45, 7) is 0. The third kappa shape index (κ3) is 7.36. The van der Waals surface area contributed by atoms with Gasteiger partial charge < -0.3 is 4.57 Å². The van der Waals surface area contributed by atoms with Crippen molar-refractivity contribution >= 4 is 21.8 Å². The Morgan fingerprint density at radius 2 is 0.902 bits per heavy atom. The summed E-state index contributed by atoms with van der Waals surface area (Å²) < 4.78 is 129. The number of benzene rings is 7. The van der Waals surface area contributed by atoms with Crippen molar-refractivity contribution in [3.63, 3.8) is 0 Å². The van der Waals surface area contributed by atoms with Gasteiger partial charge in [0.2, 0.25) is 0 Å². The molecule has 9 aromatic rings. The van der Waals surface area contributed by atoms with Crippen molar-refractivity contribution in [1.82, 2.24) is 19.5 Å². The molecule has 0 N–H and O–H groups in total. The maximum atomic E-state index is 14.7. The van der Waals surface area contributed by atoms with Gasteiger partial charge in [0.05, 0.1) is 27.7 Å². The van der Waals surface area contributed by atoms with Gasteiger partial charge in [-0.15, -0.1) is 0 Å². The highest BCUT2D eigenvalue weighted by Gasteiger charge is 2.39. The first-order chi connectivity index (χ1) is 29.1. The number of aromatic nitrogens is 4. The van der Waals surface area contributed by atoms with Crippen LogP contribution < -0.4 is 0 Å². The van der Waals surface area contributed by atoms with E-state index in [0.29, 0.717) is 44.7 Å². The molecule has 4 nitrogen and oxygen atoms in total. The minimum atomic E-state index is -5.10. The van der Waals surface area contributed by atoms with Crippen LogP contribution in [0, 0.1) is 0 Å². The molecule has 0 fully saturated rings. The zero-order valence-corrected chi connectivity index (χ0v) is 31.3. The molecule has 9 rings (SSSR count). The van der Waals surface area contributed by atoms with Crippen LogP contribution in [0.2, 0.25) is 0 Å². The van der Waals surface area contributed by atoms with E-state index in [1.807, 2.05) is 41.0 Å². The third-order valence-electron chi connectivity index (χ3n) is 10.4. The molecule has 0 aliphatic heterocycles. The van der Waals surface area contributed by atoms with Crippen LogP contribution in [-0.4, -0.2) is 19.5 Å². The number of alkyl halides is 9. The molecule has 0 bridgehead atoms. The Morgan fingerprint density at radius 1 is 0.344 bits per heavy atom. The summed E-state index contributed by atoms with van der Waals surface area (Å²) in [7, 11) is 0. The zero-order chi connectivity index (χ0) is 42.7. The van der Waals surface area contributed by atoms with Crippen LogP contribution in [0.25, 0.3) is 83.9 Å². The lowest BCUT2D eigenvalue weighted by molar-refractivity contribution is -0.143. The van der Waals surface area contributed by atoms with E-state index in [4.69, 9.17) is 15.0 Å². The molecule has 0 aliphatic rings. The molecule has 0 amide bonds. The molecular formula is C48H27F9N4. The molecule has 2 aromatic heterocycles. The number of rotatable bonds is 6. The van der Waals surface area contributed by atoms with Gasteiger partial charge in [0.1, 0.15) is 0 Å². The molecule has 0 aliphatic carbocycles. The van der Waals surface area contributed by atoms with Crippen molar-refractivity contribution < 1.29 is 39.5 Å². The smallest absolute Gasteiger partial charge is 0.309 e. The first kappa shape index (κ1) is 39.2. The van der Waals surface area contributed by atoms with Gasteiger partial charge in [-0.3, -0.25) is 0 Å². The Balaban J connectivity index is 1.30. The van der Waals surface area contributed by atoms with Crippen molar-refractivity contribution in [2.24, 2.45) is 0 Å². The predicted molar refractivity (Wildman–Crippen MR) is 216 cm³/mol. The SMILES string of the molecule is FC(F)(F)c1ccc(-c2ccc3c(c2)c2ccccc2n3-c2ccc(-c3ccccc3C(F)(F)F)c(-c3nc(-c4ccccc4)nc(-c4ccccc4)n3)c2)c(C(F)(F)F)c1. The summed E-state index contributed by atoms with van der Waals surface area (Å²) >= 11 is 0. The summed E-state index contributed by atoms with van der Waals surface area (Å²) in [5.41, 5.74) is -1.05. The van der Waals surface area contributed by atoms with Crippen LogP contribution in [0.3, 0.4) is 0 Å². The van der Waals surface area contributed by atoms with Gasteiger partial charge in [0.25, 0.3) is 0 Å². The lowest BCUT2D eigenvalue weighted by Gasteiger charge is -2.18. The molecule has 0 unspecified atom stereocenters. The number of fused-ring (bicyclic) bond motifs is 3. The van der Waals surface area contributed by atoms with Crippen molar-refractivity contribution in [2.75, 3.05) is 0 Å². The van der Waals surface area contributed by atoms with Crippen LogP contribution in [0.1, 0.15) is 16.7 Å². The number of halogens is 9. The Bertz CT molecular complexity index is 3040. The minimum absolute atomic E-state index is 0.0308. The lowest BCUT2D eigenvalue weighted by atomic mass is 9.94. The molecule has 0 radical (unpaired) electrons. The Labute approximate surface area is 341 Å². The minimum Gasteiger partial charge on any atom is -0.309 e. The standard InChI is InChI=1S/C48H27F9N4/c49-46(50,51)31-20-22-33(40(26-31)48(55,56)57)30-19-24-42-37(25-30)36-16-8-10-18-41(36)61(42)32-21-23-34(35-15-7-9-17-39(35)47(52,53)54)38(27-32)45-59-43(28-11-3-1-4-12-28)58-44(60-45)29-13-5-2-6-14-29/h1-27H. The van der Waals surface area contributed by atoms with E-state index >= 15 is 0 Å². The highest BCUT2D eigenvalue weighted by Crippen LogP contribution is 2.45. The number of hydrogen-bond acceptors (Lipinski definition) is 3. The van der Waals surface area contributed by atoms with Crippen molar-refractivity contribution in [2.45, 2.75) is 18.5 Å². The molecule has 7 aromatic carbocycles. The van der Waals surface area contributed by atoms with Crippen molar-refractivity contribution in [1.29, 1.82) is 0 Å². The van der Waals surface area contributed by atoms with E-state index in [0.717, 1.165) is 12.1 Å². The van der Waals surface area contributed by atoms with Crippen LogP contribution in [0.5, 0.6) is 0 Å². The van der Waals surface area contributed by atoms with Crippen LogP contribution in [0.4, 0.5) is 39.5 Å². The van der Waals surface area contributed by atoms with Crippen LogP contribution in [0.15, 0.2) is 164 Å². The summed E-state index contributed by atoms with van der Waals surface area (Å²) in [4.78, 5) is 14.4. The van der Waals surface area contributed by atoms with Crippen molar-refractivity contribution in [3.8, 4) is 62.1 Å². The molecule has 302 valence electrons. The van der Waals surface area contributed by atoms with Gasteiger partial charge in [-0.25, -0.2) is 15.0 Å². The normalized spacial score (nSPS) is 12.3. The lowest BCUT2D eigenvalue weighted by Crippen LogP contribution is -2.12. The van der Waals surface area contributed by atoms with Crippen LogP contribution >= 0.6 is 0 Å². The summed E-state index contributed by atoms with van der Waals surface area (Å²) in [6, 6.07) is 41.2. The fourth-order valence-electron chi connectivity index (χ4n) is 7.61. The van der Waals surface area contributed by atoms with Gasteiger partial charge in [-0.2, -0.15) is 39.5 Å². The average Bonchev–Trinajstić information content (AvgIpc) is 3.59. The first-order valence-electron chi connectivity index (χ1n) is 18.7. The largest absolute Gasteiger partial charge is 0.417 e. The molecule has 13 heteroatoms. The highest BCUT2D eigenvalue weighted by atomic mass is 19.4. The van der Waals surface area contributed by atoms with Gasteiger partial charge >= 0.3 is 18.5 Å². The zero-order valence-electron chi connectivity index (χ0n) is 31.3. The Kier molecular flexibility index (Phi) is 9.49. The monoisotopic (exact) mass is 830 g/mol. The molecule has 0 saturated carbocycles. The topological polar surface area (TPSA) is 43.6 Å². The molecule has 0 spiro atoms.